The molecule has 0 saturated carbocycles. The van der Waals surface area contributed by atoms with Crippen molar-refractivity contribution in [1.29, 1.82) is 0 Å². The van der Waals surface area contributed by atoms with Crippen molar-refractivity contribution >= 4 is 5.97 Å². The van der Waals surface area contributed by atoms with E-state index in [2.05, 4.69) is 0 Å². The summed E-state index contributed by atoms with van der Waals surface area (Å²) in [6.45, 7) is 5.41. The number of hydrogen-bond donors (Lipinski definition) is 1. The standard InChI is InChI=1S/C13H19NO3/c1-2-17-13(15)12-3-6-14(7-4-12)9-11-5-8-16-10-11/h5,8,10,12H,2-4,6-7,9H2,1H3/p+1. The zero-order valence-corrected chi connectivity index (χ0v) is 10.3. The molecule has 0 unspecified atom stereocenters. The molecule has 1 aliphatic heterocycles. The summed E-state index contributed by atoms with van der Waals surface area (Å²) in [6, 6.07) is 2.00. The van der Waals surface area contributed by atoms with Crippen LogP contribution >= 0.6 is 0 Å². The van der Waals surface area contributed by atoms with Crippen LogP contribution in [0.4, 0.5) is 0 Å². The second kappa shape index (κ2) is 5.87. The minimum absolute atomic E-state index is 0.0186. The van der Waals surface area contributed by atoms with Crippen LogP contribution in [0.15, 0.2) is 23.0 Å². The van der Waals surface area contributed by atoms with E-state index in [1.807, 2.05) is 13.0 Å². The third-order valence-corrected chi connectivity index (χ3v) is 3.35. The molecule has 4 heteroatoms. The van der Waals surface area contributed by atoms with E-state index < -0.39 is 0 Å². The van der Waals surface area contributed by atoms with Crippen molar-refractivity contribution in [1.82, 2.24) is 0 Å². The fourth-order valence-corrected chi connectivity index (χ4v) is 2.38. The molecular formula is C13H20NO3+. The van der Waals surface area contributed by atoms with Crippen molar-refractivity contribution in [2.24, 2.45) is 5.92 Å². The summed E-state index contributed by atoms with van der Waals surface area (Å²) in [6.07, 6.45) is 5.38. The number of rotatable bonds is 4. The van der Waals surface area contributed by atoms with Gasteiger partial charge in [0.1, 0.15) is 6.54 Å². The van der Waals surface area contributed by atoms with Gasteiger partial charge in [0.25, 0.3) is 0 Å². The minimum Gasteiger partial charge on any atom is -0.472 e. The molecule has 0 atom stereocenters. The molecule has 1 aromatic rings. The quantitative estimate of drug-likeness (QED) is 0.783. The Hall–Kier alpha value is -1.29. The van der Waals surface area contributed by atoms with Crippen LogP contribution < -0.4 is 4.90 Å². The Kier molecular flexibility index (Phi) is 4.20. The summed E-state index contributed by atoms with van der Waals surface area (Å²) in [4.78, 5) is 13.1. The van der Waals surface area contributed by atoms with E-state index in [4.69, 9.17) is 9.15 Å². The maximum Gasteiger partial charge on any atom is 0.309 e. The first kappa shape index (κ1) is 12.2. The fourth-order valence-electron chi connectivity index (χ4n) is 2.38. The molecule has 94 valence electrons. The summed E-state index contributed by atoms with van der Waals surface area (Å²) < 4.78 is 10.1. The van der Waals surface area contributed by atoms with E-state index in [1.165, 1.54) is 10.5 Å². The third-order valence-electron chi connectivity index (χ3n) is 3.35. The van der Waals surface area contributed by atoms with Crippen molar-refractivity contribution in [3.63, 3.8) is 0 Å². The number of hydrogen-bond acceptors (Lipinski definition) is 3. The Morgan fingerprint density at radius 3 is 2.88 bits per heavy atom. The van der Waals surface area contributed by atoms with Crippen LogP contribution in [0.25, 0.3) is 0 Å². The number of esters is 1. The van der Waals surface area contributed by atoms with E-state index in [-0.39, 0.29) is 11.9 Å². The smallest absolute Gasteiger partial charge is 0.309 e. The second-order valence-corrected chi connectivity index (χ2v) is 4.58. The summed E-state index contributed by atoms with van der Waals surface area (Å²) in [5.41, 5.74) is 1.23. The van der Waals surface area contributed by atoms with Crippen LogP contribution in [-0.2, 0) is 16.1 Å². The highest BCUT2D eigenvalue weighted by Crippen LogP contribution is 2.12. The van der Waals surface area contributed by atoms with E-state index in [1.54, 1.807) is 12.5 Å². The van der Waals surface area contributed by atoms with Gasteiger partial charge in [-0.1, -0.05) is 0 Å². The zero-order valence-electron chi connectivity index (χ0n) is 10.3. The normalized spacial score (nSPS) is 24.5. The average Bonchev–Trinajstić information content (AvgIpc) is 2.83. The van der Waals surface area contributed by atoms with E-state index in [9.17, 15) is 4.79 Å². The van der Waals surface area contributed by atoms with Crippen LogP contribution in [-0.4, -0.2) is 25.7 Å². The maximum atomic E-state index is 11.6. The van der Waals surface area contributed by atoms with E-state index >= 15 is 0 Å². The molecule has 0 aromatic carbocycles. The molecule has 1 N–H and O–H groups in total. The third kappa shape index (κ3) is 3.33. The van der Waals surface area contributed by atoms with Crippen LogP contribution in [0.3, 0.4) is 0 Å². The summed E-state index contributed by atoms with van der Waals surface area (Å²) in [5, 5.41) is 0. The Morgan fingerprint density at radius 1 is 1.53 bits per heavy atom. The van der Waals surface area contributed by atoms with Gasteiger partial charge in [-0.2, -0.15) is 0 Å². The van der Waals surface area contributed by atoms with Crippen molar-refractivity contribution < 1.29 is 18.8 Å². The number of nitrogens with one attached hydrogen (secondary N) is 1. The molecule has 0 aliphatic carbocycles. The average molecular weight is 238 g/mol. The fraction of sp³-hybridized carbons (Fsp3) is 0.615. The van der Waals surface area contributed by atoms with Gasteiger partial charge in [0.2, 0.25) is 0 Å². The Morgan fingerprint density at radius 2 is 2.29 bits per heavy atom. The van der Waals surface area contributed by atoms with Crippen LogP contribution in [0.2, 0.25) is 0 Å². The van der Waals surface area contributed by atoms with E-state index in [0.29, 0.717) is 6.61 Å². The second-order valence-electron chi connectivity index (χ2n) is 4.58. The van der Waals surface area contributed by atoms with Gasteiger partial charge in [-0.15, -0.1) is 0 Å². The highest BCUT2D eigenvalue weighted by molar-refractivity contribution is 5.72. The topological polar surface area (TPSA) is 43.9 Å². The first-order chi connectivity index (χ1) is 8.29. The number of piperidine rings is 1. The lowest BCUT2D eigenvalue weighted by Gasteiger charge is -2.27. The summed E-state index contributed by atoms with van der Waals surface area (Å²) >= 11 is 0. The predicted molar refractivity (Wildman–Crippen MR) is 62.5 cm³/mol. The number of carbonyl (C=O) groups is 1. The number of likely N-dealkylation sites (tertiary alicyclic amines) is 1. The van der Waals surface area contributed by atoms with Gasteiger partial charge in [0.05, 0.1) is 38.1 Å². The Bertz CT molecular complexity index is 340. The molecule has 0 radical (unpaired) electrons. The highest BCUT2D eigenvalue weighted by Gasteiger charge is 2.28. The van der Waals surface area contributed by atoms with Gasteiger partial charge in [-0.3, -0.25) is 4.79 Å². The van der Waals surface area contributed by atoms with Gasteiger partial charge >= 0.3 is 5.97 Å². The molecule has 1 saturated heterocycles. The number of ether oxygens (including phenoxy) is 1. The van der Waals surface area contributed by atoms with Gasteiger partial charge in [0, 0.05) is 18.4 Å². The molecule has 4 nitrogen and oxygen atoms in total. The molecule has 17 heavy (non-hydrogen) atoms. The van der Waals surface area contributed by atoms with Crippen molar-refractivity contribution in [2.75, 3.05) is 19.7 Å². The molecule has 1 aromatic heterocycles. The molecule has 0 spiro atoms. The lowest BCUT2D eigenvalue weighted by molar-refractivity contribution is -0.919. The van der Waals surface area contributed by atoms with Crippen molar-refractivity contribution in [2.45, 2.75) is 26.3 Å². The lowest BCUT2D eigenvalue weighted by atomic mass is 9.97. The zero-order chi connectivity index (χ0) is 12.1. The molecule has 0 bridgehead atoms. The van der Waals surface area contributed by atoms with Crippen molar-refractivity contribution in [3.8, 4) is 0 Å². The van der Waals surface area contributed by atoms with Crippen molar-refractivity contribution in [3.05, 3.63) is 24.2 Å². The largest absolute Gasteiger partial charge is 0.472 e. The molecule has 2 heterocycles. The van der Waals surface area contributed by atoms with Crippen LogP contribution in [0.1, 0.15) is 25.3 Å². The van der Waals surface area contributed by atoms with Gasteiger partial charge in [-0.05, 0) is 13.0 Å². The summed E-state index contributed by atoms with van der Waals surface area (Å²) in [5.74, 6) is 0.0953. The first-order valence-electron chi connectivity index (χ1n) is 6.31. The summed E-state index contributed by atoms with van der Waals surface area (Å²) in [7, 11) is 0. The monoisotopic (exact) mass is 238 g/mol. The SMILES string of the molecule is CCOC(=O)C1CC[NH+](Cc2ccoc2)CC1. The minimum atomic E-state index is -0.0186. The van der Waals surface area contributed by atoms with Crippen LogP contribution in [0, 0.1) is 5.92 Å². The number of furan rings is 1. The number of carbonyl (C=O) groups excluding carboxylic acids is 1. The highest BCUT2D eigenvalue weighted by atomic mass is 16.5. The van der Waals surface area contributed by atoms with Gasteiger partial charge in [-0.25, -0.2) is 0 Å². The van der Waals surface area contributed by atoms with Gasteiger partial charge < -0.3 is 14.1 Å². The lowest BCUT2D eigenvalue weighted by Crippen LogP contribution is -3.11. The molecule has 0 amide bonds. The Balaban J connectivity index is 1.76. The number of quaternary nitrogens is 1. The molecule has 2 rings (SSSR count). The molecule has 1 fully saturated rings. The Labute approximate surface area is 102 Å². The first-order valence-corrected chi connectivity index (χ1v) is 6.31. The van der Waals surface area contributed by atoms with Crippen LogP contribution in [0.5, 0.6) is 0 Å². The van der Waals surface area contributed by atoms with Gasteiger partial charge in [0.15, 0.2) is 0 Å². The molecular weight excluding hydrogens is 218 g/mol. The van der Waals surface area contributed by atoms with E-state index in [0.717, 1.165) is 32.5 Å². The maximum absolute atomic E-state index is 11.6. The molecule has 1 aliphatic rings. The predicted octanol–water partition coefficient (Wildman–Crippen LogP) is 0.638.